The summed E-state index contributed by atoms with van der Waals surface area (Å²) in [6, 6.07) is 8.09. The largest absolute Gasteiger partial charge is 0.519 e. The van der Waals surface area contributed by atoms with Crippen molar-refractivity contribution >= 4 is 17.5 Å². The Morgan fingerprint density at radius 3 is 1.58 bits per heavy atom. The lowest BCUT2D eigenvalue weighted by molar-refractivity contribution is -0.385. The van der Waals surface area contributed by atoms with Crippen molar-refractivity contribution in [3.63, 3.8) is 0 Å². The summed E-state index contributed by atoms with van der Waals surface area (Å²) in [5.41, 5.74) is 0.677. The van der Waals surface area contributed by atoms with Crippen molar-refractivity contribution in [3.8, 4) is 35.2 Å². The third-order valence-electron chi connectivity index (χ3n) is 6.69. The van der Waals surface area contributed by atoms with Crippen LogP contribution in [0.15, 0.2) is 36.4 Å². The van der Waals surface area contributed by atoms with Gasteiger partial charge in [0.05, 0.1) is 9.85 Å². The number of hydrogen-bond donors (Lipinski definition) is 0. The van der Waals surface area contributed by atoms with Crippen molar-refractivity contribution in [3.05, 3.63) is 67.8 Å². The molecule has 0 fully saturated rings. The van der Waals surface area contributed by atoms with E-state index in [1.807, 2.05) is 0 Å². The highest BCUT2D eigenvalue weighted by molar-refractivity contribution is 5.69. The van der Waals surface area contributed by atoms with Crippen molar-refractivity contribution in [2.75, 3.05) is 0 Å². The van der Waals surface area contributed by atoms with Crippen molar-refractivity contribution in [2.24, 2.45) is 0 Å². The molecule has 0 radical (unpaired) electrons. The zero-order valence-corrected chi connectivity index (χ0v) is 20.9. The SMILES string of the molecule is O=C(Oc1ccc([N+](=O)[O-])cc1C1C#CCCCCC1)Oc1ccc([N+](=O)[O-])cc1C1C#CCCCCC1. The number of non-ortho nitro benzene ring substituents is 2. The summed E-state index contributed by atoms with van der Waals surface area (Å²) in [6.45, 7) is 0. The van der Waals surface area contributed by atoms with Crippen LogP contribution in [0.2, 0.25) is 0 Å². The Bertz CT molecular complexity index is 1240. The number of rotatable bonds is 6. The van der Waals surface area contributed by atoms with E-state index in [-0.39, 0.29) is 34.7 Å². The molecule has 9 heteroatoms. The third-order valence-corrected chi connectivity index (χ3v) is 6.69. The lowest BCUT2D eigenvalue weighted by Gasteiger charge is -2.18. The van der Waals surface area contributed by atoms with E-state index in [1.165, 1.54) is 36.4 Å². The summed E-state index contributed by atoms with van der Waals surface area (Å²) in [7, 11) is 0. The predicted octanol–water partition coefficient (Wildman–Crippen LogP) is 7.18. The Labute approximate surface area is 220 Å². The van der Waals surface area contributed by atoms with Gasteiger partial charge in [-0.25, -0.2) is 4.79 Å². The number of nitro groups is 2. The van der Waals surface area contributed by atoms with Crippen LogP contribution in [0.1, 0.15) is 87.2 Å². The monoisotopic (exact) mass is 516 g/mol. The van der Waals surface area contributed by atoms with Gasteiger partial charge in [-0.15, -0.1) is 11.8 Å². The first kappa shape index (κ1) is 26.7. The van der Waals surface area contributed by atoms with E-state index < -0.39 is 16.0 Å². The highest BCUT2D eigenvalue weighted by Crippen LogP contribution is 2.37. The molecule has 0 heterocycles. The molecule has 4 rings (SSSR count). The molecule has 196 valence electrons. The minimum absolute atomic E-state index is 0.120. The Kier molecular flexibility index (Phi) is 8.94. The van der Waals surface area contributed by atoms with Gasteiger partial charge in [0.1, 0.15) is 11.5 Å². The average Bonchev–Trinajstić information content (AvgIpc) is 2.84. The highest BCUT2D eigenvalue weighted by Gasteiger charge is 2.24. The Morgan fingerprint density at radius 1 is 0.711 bits per heavy atom. The maximum absolute atomic E-state index is 13.0. The number of benzene rings is 2. The minimum Gasteiger partial charge on any atom is -0.394 e. The highest BCUT2D eigenvalue weighted by atomic mass is 16.7. The van der Waals surface area contributed by atoms with Gasteiger partial charge in [-0.2, -0.15) is 0 Å². The van der Waals surface area contributed by atoms with E-state index in [0.717, 1.165) is 51.4 Å². The molecule has 2 unspecified atom stereocenters. The van der Waals surface area contributed by atoms with Crippen LogP contribution >= 0.6 is 0 Å². The van der Waals surface area contributed by atoms with Crippen LogP contribution < -0.4 is 9.47 Å². The van der Waals surface area contributed by atoms with Gasteiger partial charge in [-0.3, -0.25) is 20.2 Å². The molecule has 38 heavy (non-hydrogen) atoms. The molecule has 0 amide bonds. The fourth-order valence-electron chi connectivity index (χ4n) is 4.71. The molecule has 0 saturated carbocycles. The first-order valence-corrected chi connectivity index (χ1v) is 12.9. The van der Waals surface area contributed by atoms with Crippen LogP contribution in [0, 0.1) is 43.9 Å². The third kappa shape index (κ3) is 6.89. The number of carbonyl (C=O) groups is 1. The molecule has 0 spiro atoms. The number of nitrogens with zero attached hydrogens (tertiary/aromatic N) is 2. The molecular formula is C29H28N2O7. The van der Waals surface area contributed by atoms with Gasteiger partial charge in [-0.05, 0) is 37.8 Å². The molecule has 2 aliphatic carbocycles. The van der Waals surface area contributed by atoms with Gasteiger partial charge >= 0.3 is 6.16 Å². The van der Waals surface area contributed by atoms with Gasteiger partial charge in [0.25, 0.3) is 11.4 Å². The molecule has 2 aromatic carbocycles. The quantitative estimate of drug-likeness (QED) is 0.131. The second kappa shape index (κ2) is 12.7. The van der Waals surface area contributed by atoms with Crippen molar-refractivity contribution in [1.82, 2.24) is 0 Å². The molecule has 2 aromatic rings. The molecule has 0 aromatic heterocycles. The number of hydrogen-bond acceptors (Lipinski definition) is 7. The number of ether oxygens (including phenoxy) is 2. The van der Waals surface area contributed by atoms with E-state index in [1.54, 1.807) is 0 Å². The van der Waals surface area contributed by atoms with E-state index >= 15 is 0 Å². The topological polar surface area (TPSA) is 122 Å². The van der Waals surface area contributed by atoms with E-state index in [4.69, 9.17) is 9.47 Å². The normalized spacial score (nSPS) is 19.1. The second-order valence-corrected chi connectivity index (χ2v) is 9.36. The Balaban J connectivity index is 1.63. The van der Waals surface area contributed by atoms with Gasteiger partial charge in [0.15, 0.2) is 0 Å². The molecular weight excluding hydrogens is 488 g/mol. The molecule has 0 N–H and O–H groups in total. The van der Waals surface area contributed by atoms with E-state index in [2.05, 4.69) is 23.7 Å². The van der Waals surface area contributed by atoms with E-state index in [0.29, 0.717) is 24.0 Å². The van der Waals surface area contributed by atoms with Crippen molar-refractivity contribution in [1.29, 1.82) is 0 Å². The smallest absolute Gasteiger partial charge is 0.394 e. The molecule has 9 nitrogen and oxygen atoms in total. The summed E-state index contributed by atoms with van der Waals surface area (Å²) >= 11 is 0. The maximum Gasteiger partial charge on any atom is 0.519 e. The van der Waals surface area contributed by atoms with Gasteiger partial charge < -0.3 is 9.47 Å². The van der Waals surface area contributed by atoms with E-state index in [9.17, 15) is 25.0 Å². The molecule has 0 aliphatic heterocycles. The first-order valence-electron chi connectivity index (χ1n) is 12.9. The lowest BCUT2D eigenvalue weighted by atomic mass is 9.90. The number of carbonyl (C=O) groups excluding carboxylic acids is 1. The van der Waals surface area contributed by atoms with Crippen LogP contribution in [0.25, 0.3) is 0 Å². The Hall–Kier alpha value is -4.37. The molecule has 2 atom stereocenters. The molecule has 2 aliphatic rings. The van der Waals surface area contributed by atoms with Crippen LogP contribution in [-0.2, 0) is 0 Å². The predicted molar refractivity (Wildman–Crippen MR) is 140 cm³/mol. The first-order chi connectivity index (χ1) is 18.4. The van der Waals surface area contributed by atoms with Gasteiger partial charge in [0.2, 0.25) is 0 Å². The zero-order chi connectivity index (χ0) is 26.9. The minimum atomic E-state index is -1.05. The zero-order valence-electron chi connectivity index (χ0n) is 20.9. The molecule has 0 saturated heterocycles. The lowest BCUT2D eigenvalue weighted by Crippen LogP contribution is -2.17. The van der Waals surface area contributed by atoms with Crippen molar-refractivity contribution < 1.29 is 24.1 Å². The fourth-order valence-corrected chi connectivity index (χ4v) is 4.71. The number of nitro benzene ring substituents is 2. The summed E-state index contributed by atoms with van der Waals surface area (Å²) in [6.07, 6.45) is 7.65. The van der Waals surface area contributed by atoms with Crippen molar-refractivity contribution in [2.45, 2.75) is 76.0 Å². The van der Waals surface area contributed by atoms with Gasteiger partial charge in [-0.1, -0.05) is 37.5 Å². The summed E-state index contributed by atoms with van der Waals surface area (Å²) in [4.78, 5) is 34.8. The van der Waals surface area contributed by atoms with Crippen LogP contribution in [0.3, 0.4) is 0 Å². The molecule has 0 bridgehead atoms. The second-order valence-electron chi connectivity index (χ2n) is 9.36. The summed E-state index contributed by atoms with van der Waals surface area (Å²) < 4.78 is 11.1. The van der Waals surface area contributed by atoms with Gasteiger partial charge in [0, 0.05) is 60.1 Å². The average molecular weight is 517 g/mol. The van der Waals surface area contributed by atoms with Crippen LogP contribution in [0.5, 0.6) is 11.5 Å². The van der Waals surface area contributed by atoms with Crippen LogP contribution in [0.4, 0.5) is 16.2 Å². The summed E-state index contributed by atoms with van der Waals surface area (Å²) in [5.74, 6) is 12.2. The fraction of sp³-hybridized carbons (Fsp3) is 0.414. The summed E-state index contributed by atoms with van der Waals surface area (Å²) in [5, 5.41) is 22.8. The maximum atomic E-state index is 13.0. The Morgan fingerprint density at radius 2 is 1.16 bits per heavy atom. The van der Waals surface area contributed by atoms with Crippen LogP contribution in [-0.4, -0.2) is 16.0 Å². The standard InChI is InChI=1S/C29H28N2O7/c32-29(37-27-17-15-23(30(33)34)19-25(27)21-11-7-3-1-4-8-12-21)38-28-18-16-24(31(35)36)20-26(28)22-13-9-5-2-6-10-14-22/h15-22H,1-7,9,11,13H2.